The zero-order valence-corrected chi connectivity index (χ0v) is 15.1. The van der Waals surface area contributed by atoms with Crippen molar-refractivity contribution in [2.24, 2.45) is 0 Å². The fraction of sp³-hybridized carbons (Fsp3) is 0.412. The van der Waals surface area contributed by atoms with Crippen LogP contribution in [0.1, 0.15) is 25.3 Å². The van der Waals surface area contributed by atoms with E-state index >= 15 is 0 Å². The Morgan fingerprint density at radius 2 is 1.76 bits per heavy atom. The minimum Gasteiger partial charge on any atom is -0.438 e. The number of nitrogens with one attached hydrogen (secondary N) is 1. The number of methoxy groups -OCH3 is 2. The Morgan fingerprint density at radius 3 is 2.36 bits per heavy atom. The minimum atomic E-state index is -0.875. The first-order valence-electron chi connectivity index (χ1n) is 7.61. The monoisotopic (exact) mass is 369 g/mol. The van der Waals surface area contributed by atoms with Crippen molar-refractivity contribution in [2.75, 3.05) is 14.2 Å². The SMILES string of the molecule is COC(=O)OC1=C(C)NC(C)C(OC(=O)OC)C1c1ccccc1Cl. The minimum absolute atomic E-state index is 0.270. The highest BCUT2D eigenvalue weighted by Gasteiger charge is 2.42. The van der Waals surface area contributed by atoms with Gasteiger partial charge in [0.15, 0.2) is 0 Å². The molecule has 1 aromatic rings. The largest absolute Gasteiger partial charge is 0.513 e. The van der Waals surface area contributed by atoms with Crippen LogP contribution in [0.3, 0.4) is 0 Å². The lowest BCUT2D eigenvalue weighted by Gasteiger charge is -2.38. The Bertz CT molecular complexity index is 689. The molecule has 0 fully saturated rings. The summed E-state index contributed by atoms with van der Waals surface area (Å²) in [5, 5.41) is 3.59. The van der Waals surface area contributed by atoms with Crippen LogP contribution >= 0.6 is 11.6 Å². The van der Waals surface area contributed by atoms with Gasteiger partial charge in [-0.15, -0.1) is 0 Å². The van der Waals surface area contributed by atoms with E-state index in [2.05, 4.69) is 14.8 Å². The lowest BCUT2D eigenvalue weighted by atomic mass is 9.84. The molecular weight excluding hydrogens is 350 g/mol. The summed E-state index contributed by atoms with van der Waals surface area (Å²) in [7, 11) is 2.44. The van der Waals surface area contributed by atoms with Gasteiger partial charge in [0.25, 0.3) is 0 Å². The summed E-state index contributed by atoms with van der Waals surface area (Å²) in [5.41, 5.74) is 1.28. The van der Waals surface area contributed by atoms with Gasteiger partial charge in [-0.05, 0) is 25.5 Å². The number of hydrogen-bond donors (Lipinski definition) is 1. The smallest absolute Gasteiger partial charge is 0.438 e. The predicted octanol–water partition coefficient (Wildman–Crippen LogP) is 3.58. The van der Waals surface area contributed by atoms with E-state index in [4.69, 9.17) is 21.1 Å². The molecule has 0 aliphatic carbocycles. The van der Waals surface area contributed by atoms with Gasteiger partial charge in [0, 0.05) is 10.7 Å². The number of ether oxygens (including phenoxy) is 4. The lowest BCUT2D eigenvalue weighted by Crippen LogP contribution is -2.48. The van der Waals surface area contributed by atoms with E-state index in [0.717, 1.165) is 0 Å². The molecule has 1 aliphatic heterocycles. The van der Waals surface area contributed by atoms with Crippen LogP contribution in [0.5, 0.6) is 0 Å². The molecule has 0 radical (unpaired) electrons. The Kier molecular flexibility index (Phi) is 6.14. The Balaban J connectivity index is 2.54. The maximum atomic E-state index is 11.7. The number of rotatable bonds is 3. The summed E-state index contributed by atoms with van der Waals surface area (Å²) >= 11 is 6.34. The number of carbonyl (C=O) groups is 2. The number of allylic oxidation sites excluding steroid dienone is 1. The summed E-state index contributed by atoms with van der Waals surface area (Å²) in [6.07, 6.45) is -2.43. The van der Waals surface area contributed by atoms with E-state index in [9.17, 15) is 9.59 Å². The van der Waals surface area contributed by atoms with Gasteiger partial charge in [0.05, 0.1) is 26.2 Å². The van der Waals surface area contributed by atoms with Crippen molar-refractivity contribution in [1.82, 2.24) is 5.32 Å². The van der Waals surface area contributed by atoms with Crippen molar-refractivity contribution in [3.63, 3.8) is 0 Å². The van der Waals surface area contributed by atoms with Crippen LogP contribution in [0.2, 0.25) is 5.02 Å². The highest BCUT2D eigenvalue weighted by molar-refractivity contribution is 6.31. The molecule has 8 heteroatoms. The van der Waals surface area contributed by atoms with Crippen molar-refractivity contribution in [3.05, 3.63) is 46.3 Å². The highest BCUT2D eigenvalue weighted by Crippen LogP contribution is 2.40. The van der Waals surface area contributed by atoms with E-state index in [0.29, 0.717) is 16.3 Å². The fourth-order valence-electron chi connectivity index (χ4n) is 2.81. The number of hydrogen-bond acceptors (Lipinski definition) is 7. The van der Waals surface area contributed by atoms with Gasteiger partial charge in [-0.25, -0.2) is 9.59 Å². The topological polar surface area (TPSA) is 83.1 Å². The van der Waals surface area contributed by atoms with Gasteiger partial charge in [-0.3, -0.25) is 0 Å². The Labute approximate surface area is 150 Å². The second kappa shape index (κ2) is 8.11. The summed E-state index contributed by atoms with van der Waals surface area (Å²) in [4.78, 5) is 23.4. The van der Waals surface area contributed by atoms with Crippen LogP contribution in [0.4, 0.5) is 9.59 Å². The average molecular weight is 370 g/mol. The third-order valence-corrected chi connectivity index (χ3v) is 4.26. The second-order valence-electron chi connectivity index (χ2n) is 5.51. The van der Waals surface area contributed by atoms with Crippen LogP contribution in [0.25, 0.3) is 0 Å². The first kappa shape index (κ1) is 18.9. The molecular formula is C17H20ClNO6. The van der Waals surface area contributed by atoms with E-state index in [1.54, 1.807) is 31.2 Å². The normalized spacial score (nSPS) is 22.7. The molecule has 1 heterocycles. The summed E-state index contributed by atoms with van der Waals surface area (Å²) < 4.78 is 20.0. The van der Waals surface area contributed by atoms with Crippen LogP contribution in [-0.4, -0.2) is 38.7 Å². The van der Waals surface area contributed by atoms with Gasteiger partial charge in [0.2, 0.25) is 0 Å². The number of halogens is 1. The maximum Gasteiger partial charge on any atom is 0.513 e. The predicted molar refractivity (Wildman–Crippen MR) is 90.3 cm³/mol. The van der Waals surface area contributed by atoms with Crippen molar-refractivity contribution in [2.45, 2.75) is 31.9 Å². The Hall–Kier alpha value is -2.41. The molecule has 25 heavy (non-hydrogen) atoms. The van der Waals surface area contributed by atoms with E-state index in [1.165, 1.54) is 14.2 Å². The zero-order valence-electron chi connectivity index (χ0n) is 14.4. The highest BCUT2D eigenvalue weighted by atomic mass is 35.5. The van der Waals surface area contributed by atoms with E-state index < -0.39 is 24.3 Å². The lowest BCUT2D eigenvalue weighted by molar-refractivity contribution is 0.00352. The van der Waals surface area contributed by atoms with Crippen LogP contribution < -0.4 is 5.32 Å². The third-order valence-electron chi connectivity index (χ3n) is 3.92. The molecule has 1 N–H and O–H groups in total. The summed E-state index contributed by atoms with van der Waals surface area (Å²) in [6, 6.07) is 6.81. The molecule has 0 amide bonds. The van der Waals surface area contributed by atoms with Gasteiger partial charge in [-0.1, -0.05) is 29.8 Å². The van der Waals surface area contributed by atoms with Crippen LogP contribution in [0, 0.1) is 0 Å². The summed E-state index contributed by atoms with van der Waals surface area (Å²) in [6.45, 7) is 3.60. The van der Waals surface area contributed by atoms with Crippen molar-refractivity contribution in [1.29, 1.82) is 0 Å². The third kappa shape index (κ3) is 4.17. The number of carbonyl (C=O) groups excluding carboxylic acids is 2. The first-order valence-corrected chi connectivity index (χ1v) is 7.99. The molecule has 136 valence electrons. The standard InChI is InChI=1S/C17H20ClNO6/c1-9-14(24-16(20)22-3)13(11-7-5-6-8-12(11)18)15(10(2)19-9)25-17(21)23-4/h5-9,13-14,19H,1-4H3. The number of benzene rings is 1. The van der Waals surface area contributed by atoms with Crippen molar-refractivity contribution >= 4 is 23.9 Å². The molecule has 7 nitrogen and oxygen atoms in total. The molecule has 2 rings (SSSR count). The Morgan fingerprint density at radius 1 is 1.12 bits per heavy atom. The molecule has 0 aromatic heterocycles. The van der Waals surface area contributed by atoms with Crippen LogP contribution in [0.15, 0.2) is 35.7 Å². The quantitative estimate of drug-likeness (QED) is 0.815. The van der Waals surface area contributed by atoms with Crippen molar-refractivity contribution in [3.8, 4) is 0 Å². The molecule has 0 spiro atoms. The zero-order chi connectivity index (χ0) is 18.6. The molecule has 0 bridgehead atoms. The van der Waals surface area contributed by atoms with Gasteiger partial charge < -0.3 is 24.3 Å². The van der Waals surface area contributed by atoms with E-state index in [1.807, 2.05) is 6.92 Å². The second-order valence-corrected chi connectivity index (χ2v) is 5.92. The van der Waals surface area contributed by atoms with Gasteiger partial charge in [-0.2, -0.15) is 0 Å². The molecule has 1 aromatic carbocycles. The summed E-state index contributed by atoms with van der Waals surface area (Å²) in [5.74, 6) is -0.338. The van der Waals surface area contributed by atoms with Gasteiger partial charge >= 0.3 is 12.3 Å². The van der Waals surface area contributed by atoms with Gasteiger partial charge in [0.1, 0.15) is 11.9 Å². The van der Waals surface area contributed by atoms with Crippen molar-refractivity contribution < 1.29 is 28.5 Å². The van der Waals surface area contributed by atoms with E-state index in [-0.39, 0.29) is 11.8 Å². The molecule has 3 atom stereocenters. The first-order chi connectivity index (χ1) is 11.9. The maximum absolute atomic E-state index is 11.7. The van der Waals surface area contributed by atoms with Crippen LogP contribution in [-0.2, 0) is 18.9 Å². The fourth-order valence-corrected chi connectivity index (χ4v) is 3.07. The molecule has 1 aliphatic rings. The average Bonchev–Trinajstić information content (AvgIpc) is 2.59. The molecule has 0 saturated carbocycles. The molecule has 0 saturated heterocycles. The molecule has 3 unspecified atom stereocenters.